The minimum Gasteiger partial charge on any atom is -0.753 e. The predicted molar refractivity (Wildman–Crippen MR) is 548 cm³/mol. The molecule has 137 heavy (non-hydrogen) atoms. The smallest absolute Gasteiger partial charge is 0.753 e. The quantitative estimate of drug-likeness (QED) is 0.0105. The van der Waals surface area contributed by atoms with Crippen LogP contribution in [0.25, 0.3) is 5.41 Å². The normalized spacial score (nSPS) is 18.7. The summed E-state index contributed by atoms with van der Waals surface area (Å²) in [7, 11) is 0. The van der Waals surface area contributed by atoms with E-state index in [1.807, 2.05) is 119 Å². The van der Waals surface area contributed by atoms with Crippen LogP contribution in [0.2, 0.25) is 0 Å². The molecule has 7 amide bonds. The van der Waals surface area contributed by atoms with Crippen LogP contribution in [0, 0.1) is 78.8 Å². The fourth-order valence-electron chi connectivity index (χ4n) is 15.6. The summed E-state index contributed by atoms with van der Waals surface area (Å²) in [5.41, 5.74) is 2.52. The first-order valence-electron chi connectivity index (χ1n) is 48.8. The average molecular weight is 2030 g/mol. The Morgan fingerprint density at radius 1 is 0.482 bits per heavy atom. The number of morpholine rings is 2. The number of rotatable bonds is 25. The third-order valence-electron chi connectivity index (χ3n) is 22.9. The summed E-state index contributed by atoms with van der Waals surface area (Å²) >= 11 is 22.4. The van der Waals surface area contributed by atoms with Crippen LogP contribution in [0.15, 0.2) is 15.0 Å². The molecule has 0 spiro atoms. The van der Waals surface area contributed by atoms with Gasteiger partial charge in [0, 0.05) is 77.0 Å². The molecule has 0 radical (unpaired) electrons. The van der Waals surface area contributed by atoms with Crippen LogP contribution in [-0.4, -0.2) is 273 Å². The van der Waals surface area contributed by atoms with E-state index in [1.54, 1.807) is 0 Å². The van der Waals surface area contributed by atoms with E-state index in [2.05, 4.69) is 142 Å². The number of carbonyl (C=O) groups excluding carboxylic acids is 8. The molecule has 8 rings (SSSR count). The fourth-order valence-corrected chi connectivity index (χ4v) is 16.1. The van der Waals surface area contributed by atoms with Crippen molar-refractivity contribution in [2.75, 3.05) is 145 Å². The van der Waals surface area contributed by atoms with Crippen LogP contribution >= 0.6 is 60.5 Å². The van der Waals surface area contributed by atoms with Crippen LogP contribution in [0.4, 0.5) is 24.0 Å². The fraction of sp³-hybridized carbons (Fsp3) is 0.835. The number of carbonyl (C=O) groups is 8. The Labute approximate surface area is 868 Å². The van der Waals surface area contributed by atoms with Gasteiger partial charge in [0.1, 0.15) is 28.7 Å². The summed E-state index contributed by atoms with van der Waals surface area (Å²) in [5, 5.41) is 62.8. The standard InChI is InChI=1S/C29H50N6O4.C25H43N5O3S.C18H32N4O.2C7H11NO2S.C6H11ClO2.C4H9NO.CNS.Na/c1-5-13-34-14-11-29(21-30,12-15-34)33-25(36)24(20-23-9-7-6-8-10-23)31-26(35-16-18-38-19-17-35)32-27(37)39-22-28(2,3)4;1-5-13-30-14-11-25(17-26,12-15-30)29-21(31)20(16-19-9-7-6-8-10-19)27-22(34)28-23(32)33-18-24(2,3)4;1-2-10-22-11-8-18(14-19,9-12-22)21-17(23)16(20)13-15-6-4-3-5-7-15;2*1-7(2,3)4-10-6(9)8-5-11;1-6(2,3)4-9-5(7)8;1-3-6-4-2-5-1;2-1-3;/h23-24H,5-20,22H2,1-4H3,(H,33,36)(H,31,32,37);19-20H,5-16,18H2,1-4H3,(H,29,31)(H2,27,28,32,34);15-16H,2-13,20H2,1H3,(H,21,23);2*4H2,1-3H3;4H2,1-3H3;5H,1-4H2;;/q;;;;;;;-1;+1/t24-;20-;16-;;;;;;/m000....../s1. The molecular formula is C97H167ClN19NaO15S4. The van der Waals surface area contributed by atoms with Crippen molar-refractivity contribution in [1.29, 1.82) is 15.8 Å². The Bertz CT molecular complexity index is 3770. The Hall–Kier alpha value is -6.40. The molecule has 34 nitrogen and oxygen atoms in total. The monoisotopic (exact) mass is 2020 g/mol. The number of guanidine groups is 1. The van der Waals surface area contributed by atoms with E-state index >= 15 is 0 Å². The second-order valence-corrected chi connectivity index (χ2v) is 43.5. The third-order valence-corrected chi connectivity index (χ3v) is 23.4. The van der Waals surface area contributed by atoms with Gasteiger partial charge in [-0.05, 0) is 178 Å². The number of nitrogens with one attached hydrogen (secondary N) is 7. The van der Waals surface area contributed by atoms with Crippen LogP contribution < -0.4 is 72.5 Å². The van der Waals surface area contributed by atoms with Crippen molar-refractivity contribution in [2.24, 2.45) is 65.5 Å². The molecular weight excluding hydrogens is 1860 g/mol. The number of nitriles is 3. The molecule has 3 saturated carbocycles. The van der Waals surface area contributed by atoms with E-state index in [-0.39, 0.29) is 92.7 Å². The second kappa shape index (κ2) is 71.1. The molecule has 0 aromatic heterocycles. The minimum atomic E-state index is -0.889. The molecule has 3 atom stereocenters. The number of halogens is 1. The summed E-state index contributed by atoms with van der Waals surface area (Å²) in [6.45, 7) is 51.6. The van der Waals surface area contributed by atoms with Crippen LogP contribution in [0.3, 0.4) is 0 Å². The molecule has 8 fully saturated rings. The van der Waals surface area contributed by atoms with Crippen molar-refractivity contribution in [1.82, 2.24) is 56.8 Å². The summed E-state index contributed by atoms with van der Waals surface area (Å²) in [6.07, 6.45) is 24.1. The number of hydrogen-bond donors (Lipinski definition) is 8. The Morgan fingerprint density at radius 3 is 1.12 bits per heavy atom. The topological polar surface area (TPSA) is 455 Å². The van der Waals surface area contributed by atoms with Gasteiger partial charge in [-0.1, -0.05) is 233 Å². The van der Waals surface area contributed by atoms with Gasteiger partial charge in [0.25, 0.3) is 0 Å². The van der Waals surface area contributed by atoms with Crippen LogP contribution in [0.1, 0.15) is 298 Å². The molecule has 5 aliphatic heterocycles. The molecule has 0 unspecified atom stereocenters. The van der Waals surface area contributed by atoms with Crippen molar-refractivity contribution in [3.05, 3.63) is 5.41 Å². The first-order valence-corrected chi connectivity index (χ1v) is 50.8. The molecule has 0 aromatic carbocycles. The van der Waals surface area contributed by atoms with Gasteiger partial charge in [-0.3, -0.25) is 25.0 Å². The number of alkyl carbamates (subject to hydrolysis) is 2. The van der Waals surface area contributed by atoms with Crippen molar-refractivity contribution in [3.8, 4) is 18.2 Å². The summed E-state index contributed by atoms with van der Waals surface area (Å²) < 4.78 is 35.2. The van der Waals surface area contributed by atoms with E-state index < -0.39 is 64.5 Å². The molecule has 8 aliphatic rings. The van der Waals surface area contributed by atoms with E-state index in [9.17, 15) is 54.1 Å². The van der Waals surface area contributed by atoms with Crippen molar-refractivity contribution in [3.63, 3.8) is 0 Å². The van der Waals surface area contributed by atoms with Crippen molar-refractivity contribution >= 4 is 135 Å². The molecule has 9 N–H and O–H groups in total. The van der Waals surface area contributed by atoms with Crippen LogP contribution in [0.5, 0.6) is 0 Å². The maximum absolute atomic E-state index is 13.8. The Balaban J connectivity index is 0.00000170. The molecule has 3 aliphatic carbocycles. The molecule has 40 heteroatoms. The van der Waals surface area contributed by atoms with Gasteiger partial charge in [-0.25, -0.2) is 29.0 Å². The zero-order chi connectivity index (χ0) is 102. The Kier molecular flexibility index (Phi) is 67.8. The second-order valence-electron chi connectivity index (χ2n) is 42.2. The van der Waals surface area contributed by atoms with Gasteiger partial charge in [-0.15, -0.1) is 9.98 Å². The maximum Gasteiger partial charge on any atom is 1.00 e. The van der Waals surface area contributed by atoms with E-state index in [1.165, 1.54) is 50.1 Å². The largest absolute Gasteiger partial charge is 1.00 e. The SMILES string of the molecule is C1COCCN1.CC(C)(C)COC(=O)Cl.CC(C)(C)COC(=O)N=C=S.CC(C)(C)COC(=O)N=C=S.CCCN1CCC(C#N)(NC(=O)[C@@H](N)CC2CCCCC2)CC1.CCCN1CCC(C#N)(NC(=O)[C@H](CC2CCCCC2)N=C(NC(=O)OCC(C)(C)C)N2CCOCC2)CC1.CCCN1CCC(C#N)(NC(=O)[C@H](CC2CCCCC2)NC(=S)NC(=O)OCC(C)(C)C)CC1.[N-]=C=S.[Na+]. The van der Waals surface area contributed by atoms with Crippen LogP contribution in [-0.2, 0) is 47.5 Å². The summed E-state index contributed by atoms with van der Waals surface area (Å²) in [4.78, 5) is 116. The number of isothiocyanates is 3. The van der Waals surface area contributed by atoms with Gasteiger partial charge in [0.15, 0.2) is 5.11 Å². The van der Waals surface area contributed by atoms with Gasteiger partial charge in [0.2, 0.25) is 23.7 Å². The number of hydrogen-bond acceptors (Lipinski definition) is 28. The molecule has 0 bridgehead atoms. The number of thiocarbonyl (C=S) groups is 4. The van der Waals surface area contributed by atoms with Crippen molar-refractivity contribution < 1.29 is 101 Å². The first kappa shape index (κ1) is 131. The number of amides is 7. The van der Waals surface area contributed by atoms with E-state index in [4.69, 9.17) is 68.4 Å². The van der Waals surface area contributed by atoms with E-state index in [0.29, 0.717) is 121 Å². The maximum atomic E-state index is 13.8. The molecule has 5 saturated heterocycles. The van der Waals surface area contributed by atoms with Crippen molar-refractivity contribution in [2.45, 2.75) is 333 Å². The molecule has 772 valence electrons. The summed E-state index contributed by atoms with van der Waals surface area (Å²) in [5.74, 6) is 1.12. The van der Waals surface area contributed by atoms with Gasteiger partial charge >= 0.3 is 59.4 Å². The number of likely N-dealkylation sites (tertiary alicyclic amines) is 3. The average Bonchev–Trinajstić information content (AvgIpc) is 0.838. The third kappa shape index (κ3) is 64.7. The predicted octanol–water partition coefficient (Wildman–Crippen LogP) is 13.9. The number of nitrogens with two attached hydrogens (primary N) is 1. The first-order chi connectivity index (χ1) is 64.0. The Morgan fingerprint density at radius 2 is 0.803 bits per heavy atom. The van der Waals surface area contributed by atoms with Gasteiger partial charge < -0.3 is 90.5 Å². The van der Waals surface area contributed by atoms with Gasteiger partial charge in [-0.2, -0.15) is 20.9 Å². The number of piperidine rings is 3. The number of ether oxygens (including phenoxy) is 7. The molecule has 0 aromatic rings. The number of nitrogens with zero attached hydrogens (tertiary/aromatic N) is 11. The number of aliphatic imine (C=N–C) groups is 3. The van der Waals surface area contributed by atoms with E-state index in [0.717, 1.165) is 162 Å². The zero-order valence-corrected chi connectivity index (χ0v) is 92.3. The summed E-state index contributed by atoms with van der Waals surface area (Å²) in [6, 6.07) is 5.37. The zero-order valence-electron chi connectivity index (χ0n) is 86.2. The minimum absolute atomic E-state index is 0. The molecule has 5 heterocycles. The van der Waals surface area contributed by atoms with Gasteiger partial charge in [0.05, 0.1) is 94.0 Å².